The first kappa shape index (κ1) is 93.1. The number of fused-ring (bicyclic) bond motifs is 8. The molecule has 1 unspecified atom stereocenters. The molecule has 656 valence electrons. The van der Waals surface area contributed by atoms with E-state index in [2.05, 4.69) is 36.1 Å². The zero-order valence-electron chi connectivity index (χ0n) is 70.9. The Morgan fingerprint density at radius 3 is 2.17 bits per heavy atom. The van der Waals surface area contributed by atoms with Crippen molar-refractivity contribution in [3.05, 3.63) is 144 Å². The summed E-state index contributed by atoms with van der Waals surface area (Å²) in [5.74, 6) is -9.05. The number of anilines is 1. The summed E-state index contributed by atoms with van der Waals surface area (Å²) in [6, 6.07) is 8.81. The molecule has 0 spiro atoms. The number of nitrogens with zero attached hydrogens (tertiary/aromatic N) is 9. The Labute approximate surface area is 711 Å². The van der Waals surface area contributed by atoms with Crippen molar-refractivity contribution in [3.8, 4) is 5.75 Å². The van der Waals surface area contributed by atoms with E-state index in [-0.39, 0.29) is 124 Å². The van der Waals surface area contributed by atoms with Crippen molar-refractivity contribution in [1.82, 2.24) is 60.6 Å². The second-order valence-electron chi connectivity index (χ2n) is 32.8. The maximum Gasteiger partial charge on any atom is 0.333 e. The number of oxazole rings is 1. The number of aliphatic hydroxyl groups is 1. The van der Waals surface area contributed by atoms with E-state index in [4.69, 9.17) is 13.9 Å². The van der Waals surface area contributed by atoms with Crippen LogP contribution in [0.15, 0.2) is 120 Å². The molecular weight excluding hydrogens is 1600 g/mol. The summed E-state index contributed by atoms with van der Waals surface area (Å²) in [6.45, 7) is 19.0. The van der Waals surface area contributed by atoms with E-state index < -0.39 is 152 Å². The highest BCUT2D eigenvalue weighted by molar-refractivity contribution is 8.00. The molecule has 8 aliphatic rings. The van der Waals surface area contributed by atoms with Gasteiger partial charge in [-0.1, -0.05) is 114 Å². The number of ether oxygens (including phenoxy) is 2. The largest absolute Gasteiger partial charge is 0.505 e. The topological polar surface area (TPSA) is 408 Å². The Bertz CT molecular complexity index is 4590. The van der Waals surface area contributed by atoms with Gasteiger partial charge < -0.3 is 79.7 Å². The number of ketones is 2. The molecule has 2 aromatic heterocycles. The zero-order chi connectivity index (χ0) is 87.7. The average Bonchev–Trinajstić information content (AvgIpc) is 1.69. The van der Waals surface area contributed by atoms with Crippen molar-refractivity contribution in [3.63, 3.8) is 0 Å². The number of amides is 8. The lowest BCUT2D eigenvalue weighted by Crippen LogP contribution is -2.63. The second-order valence-corrected chi connectivity index (χ2v) is 36.4. The van der Waals surface area contributed by atoms with E-state index in [0.29, 0.717) is 42.0 Å². The number of pyridine rings is 1. The number of carbonyl (C=O) groups excluding carboxylic acids is 12. The standard InChI is InChI=1S/C53H67N9O10S.C34H50N4O9S/c1-6-37-50(68)61-23-11-14-38(61)51(69)59(5)40(26-32-16-18-36(19-17-32)58(3)4)52(70)62-28-35(30-73-43-29-60-24-20-33(43)21-25-60)42(64)27-39(62)47(65)57-45(34-12-8-7-9-13-34)53(71)72-31(2)44(48(66)55-37)56-49(67)46-41(63)15-10-22-54-46;1-7-37(8-2)16-17-48(44,45)28-13-15-38-31(28)34(43)47-32(22(3)4)24(6)11-12-29(41)35-14-9-10-23(5)18-25(39)19-26(40)20-30-36-27(21-46-30)33(38)42/h7-10,12-13,15-19,22,31,33,35,37-40,43-45,63H,6,11,14,20-21,23-30H2,1-5H3,(H,55,66)(H,56,67)(H,57,65);9-12,18,21-22,24-25,28,31-32,39H,7-8,13-17,19-20H2,1-6H3,(H,35,41)/b;10-9-,12-11-,23-18-/t31-,35+,37+,38+,39?,40+,43-,44+,45+;24-,25-,28-,31-,32-/m11/s1. The quantitative estimate of drug-likeness (QED) is 0.0787. The summed E-state index contributed by atoms with van der Waals surface area (Å²) in [7, 11) is 1.46. The molecule has 34 heteroatoms. The smallest absolute Gasteiger partial charge is 0.333 e. The molecule has 10 heterocycles. The van der Waals surface area contributed by atoms with Gasteiger partial charge in [-0.15, -0.1) is 0 Å². The van der Waals surface area contributed by atoms with Gasteiger partial charge in [-0.3, -0.25) is 47.9 Å². The minimum Gasteiger partial charge on any atom is -0.505 e. The van der Waals surface area contributed by atoms with Gasteiger partial charge in [0, 0.05) is 114 Å². The van der Waals surface area contributed by atoms with E-state index in [9.17, 15) is 61.8 Å². The number of aliphatic hydroxyl groups excluding tert-OH is 1. The van der Waals surface area contributed by atoms with Gasteiger partial charge in [0.2, 0.25) is 41.3 Å². The number of allylic oxidation sites excluding steroid dienone is 2. The number of hydrogen-bond donors (Lipinski definition) is 6. The summed E-state index contributed by atoms with van der Waals surface area (Å²) in [5.41, 5.74) is 1.99. The van der Waals surface area contributed by atoms with Crippen molar-refractivity contribution in [2.24, 2.45) is 23.7 Å². The predicted molar refractivity (Wildman–Crippen MR) is 452 cm³/mol. The minimum absolute atomic E-state index is 0.0243. The number of aromatic nitrogens is 2. The van der Waals surface area contributed by atoms with Crippen LogP contribution in [0, 0.1) is 23.7 Å². The van der Waals surface area contributed by atoms with Gasteiger partial charge in [-0.2, -0.15) is 11.8 Å². The number of aromatic hydroxyl groups is 1. The maximum atomic E-state index is 15.7. The molecule has 0 aliphatic carbocycles. The summed E-state index contributed by atoms with van der Waals surface area (Å²) in [4.78, 5) is 190. The fourth-order valence-electron chi connectivity index (χ4n) is 16.8. The van der Waals surface area contributed by atoms with Gasteiger partial charge in [0.15, 0.2) is 27.3 Å². The van der Waals surface area contributed by atoms with Crippen LogP contribution in [-0.2, 0) is 80.1 Å². The van der Waals surface area contributed by atoms with Crippen molar-refractivity contribution < 1.29 is 90.1 Å². The molecule has 2 aromatic carbocycles. The monoisotopic (exact) mass is 1710 g/mol. The Hall–Kier alpha value is -10.2. The number of hydrogen-bond acceptors (Lipinski definition) is 25. The third kappa shape index (κ3) is 23.8. The molecule has 32 nitrogen and oxygen atoms in total. The first-order valence-corrected chi connectivity index (χ1v) is 44.7. The van der Waals surface area contributed by atoms with Crippen molar-refractivity contribution in [2.45, 2.75) is 191 Å². The Kier molecular flexibility index (Phi) is 32.8. The second kappa shape index (κ2) is 42.6. The normalized spacial score (nSPS) is 28.9. The van der Waals surface area contributed by atoms with Gasteiger partial charge in [0.05, 0.1) is 23.5 Å². The number of Topliss-reactive ketones (excluding diaryl/α,β-unsaturated/α-hetero) is 2. The van der Waals surface area contributed by atoms with Crippen LogP contribution in [0.4, 0.5) is 5.69 Å². The van der Waals surface area contributed by atoms with Crippen LogP contribution < -0.4 is 26.2 Å². The van der Waals surface area contributed by atoms with E-state index in [0.717, 1.165) is 54.9 Å². The van der Waals surface area contributed by atoms with Gasteiger partial charge in [0.1, 0.15) is 72.0 Å². The molecule has 7 saturated heterocycles. The van der Waals surface area contributed by atoms with E-state index in [1.807, 2.05) is 75.9 Å². The van der Waals surface area contributed by atoms with Crippen LogP contribution in [0.2, 0.25) is 0 Å². The van der Waals surface area contributed by atoms with Crippen LogP contribution >= 0.6 is 11.8 Å². The molecule has 4 aromatic rings. The number of likely N-dealkylation sites (N-methyl/N-ethyl adjacent to an activating group) is 1. The van der Waals surface area contributed by atoms with Crippen LogP contribution in [0.3, 0.4) is 0 Å². The van der Waals surface area contributed by atoms with E-state index in [1.54, 1.807) is 81.1 Å². The van der Waals surface area contributed by atoms with Crippen molar-refractivity contribution in [2.75, 3.05) is 103 Å². The number of cyclic esters (lactones) is 2. The van der Waals surface area contributed by atoms with E-state index in [1.165, 1.54) is 59.2 Å². The fraction of sp³-hybridized carbons (Fsp3) is 0.563. The third-order valence-electron chi connectivity index (χ3n) is 23.8. The highest BCUT2D eigenvalue weighted by Crippen LogP contribution is 2.38. The zero-order valence-corrected chi connectivity index (χ0v) is 72.5. The molecular formula is C87H117N13O19S2. The highest BCUT2D eigenvalue weighted by atomic mass is 32.2. The SMILES string of the molecule is CCN(CC)CCS(=O)(=O)[C@@H]1CCN2C(=O)c3coc(n3)CC(=O)C[C@H](O)/C=C(C)\C=C/CNC(=O)/C=C\[C@@H](C)[C@@H](C(C)C)OC(=O)[C@@H]12.CC[C@@H]1NC(=O)[C@@H](NC(=O)c2ncccc2O)[C@@H](C)OC(=O)[C@H](c2ccccc2)NC(=O)C2CC(=O)[C@H](CS[C@@H]3CN4CCC3CC4)CN2C(=O)[C@H](Cc2ccc(N(C)C)cc2)N(C)C(=O)[C@@H]2CCCN2C1=O. The summed E-state index contributed by atoms with van der Waals surface area (Å²) < 4.78 is 44.9. The number of benzene rings is 2. The number of nitrogens with one attached hydrogen (secondary N) is 4. The molecule has 6 N–H and O–H groups in total. The van der Waals surface area contributed by atoms with Gasteiger partial charge in [-0.25, -0.2) is 28.0 Å². The predicted octanol–water partition coefficient (Wildman–Crippen LogP) is 4.59. The number of carbonyl (C=O) groups is 12. The number of thioether (sulfide) groups is 1. The maximum absolute atomic E-state index is 15.7. The molecule has 0 radical (unpaired) electrons. The van der Waals surface area contributed by atoms with Crippen LogP contribution in [0.1, 0.15) is 151 Å². The van der Waals surface area contributed by atoms with Crippen LogP contribution in [-0.4, -0.2) is 292 Å². The summed E-state index contributed by atoms with van der Waals surface area (Å²) in [5, 5.41) is 30.8. The molecule has 8 aliphatic heterocycles. The van der Waals surface area contributed by atoms with Gasteiger partial charge in [-0.05, 0) is 132 Å². The van der Waals surface area contributed by atoms with Gasteiger partial charge >= 0.3 is 11.9 Å². The van der Waals surface area contributed by atoms with Crippen LogP contribution in [0.5, 0.6) is 5.75 Å². The summed E-state index contributed by atoms with van der Waals surface area (Å²) in [6.07, 6.45) is 9.09. The molecule has 14 atom stereocenters. The molecule has 7 fully saturated rings. The number of rotatable bonds is 17. The molecule has 12 rings (SSSR count). The first-order valence-electron chi connectivity index (χ1n) is 41.9. The Morgan fingerprint density at radius 1 is 0.785 bits per heavy atom. The average molecular weight is 1710 g/mol. The number of piperidine rings is 4. The molecule has 121 heavy (non-hydrogen) atoms. The third-order valence-corrected chi connectivity index (χ3v) is 27.5. The molecule has 4 bridgehead atoms. The minimum atomic E-state index is -3.87. The number of esters is 2. The van der Waals surface area contributed by atoms with Crippen LogP contribution in [0.25, 0.3) is 0 Å². The highest BCUT2D eigenvalue weighted by Gasteiger charge is 2.52. The fourth-order valence-corrected chi connectivity index (χ4v) is 20.3. The Morgan fingerprint density at radius 2 is 1.50 bits per heavy atom. The van der Waals surface area contributed by atoms with Crippen molar-refractivity contribution >= 4 is 98.0 Å². The van der Waals surface area contributed by atoms with E-state index >= 15 is 14.4 Å². The number of sulfone groups is 1. The lowest BCUT2D eigenvalue weighted by Gasteiger charge is -2.45. The van der Waals surface area contributed by atoms with Gasteiger partial charge in [0.25, 0.3) is 11.8 Å². The molecule has 0 saturated carbocycles. The first-order chi connectivity index (χ1) is 57.7. The molecule has 8 amide bonds. The lowest BCUT2D eigenvalue weighted by molar-refractivity contribution is -0.158. The Balaban J connectivity index is 0.000000278. The summed E-state index contributed by atoms with van der Waals surface area (Å²) >= 11 is 1.73. The van der Waals surface area contributed by atoms with Crippen molar-refractivity contribution in [1.29, 1.82) is 0 Å². The lowest BCUT2D eigenvalue weighted by atomic mass is 9.88.